The zero-order valence-corrected chi connectivity index (χ0v) is 14.9. The molecule has 2 fully saturated rings. The van der Waals surface area contributed by atoms with E-state index in [0.29, 0.717) is 17.6 Å². The Kier molecular flexibility index (Phi) is 4.29. The number of likely N-dealkylation sites (tertiary alicyclic amines) is 2. The van der Waals surface area contributed by atoms with E-state index in [0.717, 1.165) is 44.7 Å². The second-order valence-electron chi connectivity index (χ2n) is 7.24. The van der Waals surface area contributed by atoms with Gasteiger partial charge in [-0.15, -0.1) is 0 Å². The standard InChI is InChI=1S/C19H25N5O/c1-14-10-15(2)24(21-14)18-12-23(13-18)17-5-8-22(9-6-17)19(25)16-4-3-7-20-11-16/h3-4,7,10-11,17-18H,5-6,8-9,12-13H2,1-2H3. The number of amides is 1. The molecule has 2 aromatic heterocycles. The summed E-state index contributed by atoms with van der Waals surface area (Å²) in [5, 5.41) is 4.61. The number of hydrogen-bond donors (Lipinski definition) is 0. The third-order valence-electron chi connectivity index (χ3n) is 5.46. The van der Waals surface area contributed by atoms with Crippen LogP contribution in [0.15, 0.2) is 30.6 Å². The van der Waals surface area contributed by atoms with Crippen LogP contribution in [0.2, 0.25) is 0 Å². The minimum atomic E-state index is 0.107. The van der Waals surface area contributed by atoms with Crippen molar-refractivity contribution in [1.29, 1.82) is 0 Å². The lowest BCUT2D eigenvalue weighted by Gasteiger charge is -2.47. The van der Waals surface area contributed by atoms with Gasteiger partial charge in [0.05, 0.1) is 17.3 Å². The molecule has 6 heteroatoms. The smallest absolute Gasteiger partial charge is 0.255 e. The second-order valence-corrected chi connectivity index (χ2v) is 7.24. The van der Waals surface area contributed by atoms with Gasteiger partial charge < -0.3 is 4.90 Å². The number of hydrogen-bond acceptors (Lipinski definition) is 4. The van der Waals surface area contributed by atoms with Crippen molar-refractivity contribution in [3.8, 4) is 0 Å². The van der Waals surface area contributed by atoms with Crippen LogP contribution < -0.4 is 0 Å². The normalized spacial score (nSPS) is 19.8. The minimum absolute atomic E-state index is 0.107. The molecule has 2 aliphatic rings. The number of nitrogens with zero attached hydrogens (tertiary/aromatic N) is 5. The zero-order chi connectivity index (χ0) is 17.4. The Bertz CT molecular complexity index is 742. The Balaban J connectivity index is 1.29. The largest absolute Gasteiger partial charge is 0.338 e. The highest BCUT2D eigenvalue weighted by Gasteiger charge is 2.36. The Morgan fingerprint density at radius 1 is 1.16 bits per heavy atom. The van der Waals surface area contributed by atoms with Crippen molar-refractivity contribution in [3.63, 3.8) is 0 Å². The summed E-state index contributed by atoms with van der Waals surface area (Å²) in [4.78, 5) is 21.1. The molecule has 25 heavy (non-hydrogen) atoms. The maximum absolute atomic E-state index is 12.5. The summed E-state index contributed by atoms with van der Waals surface area (Å²) in [5.41, 5.74) is 3.03. The number of aryl methyl sites for hydroxylation is 2. The fraction of sp³-hybridized carbons (Fsp3) is 0.526. The van der Waals surface area contributed by atoms with Gasteiger partial charge in [0.15, 0.2) is 0 Å². The molecule has 4 rings (SSSR count). The molecule has 0 N–H and O–H groups in total. The van der Waals surface area contributed by atoms with Crippen molar-refractivity contribution >= 4 is 5.91 Å². The maximum atomic E-state index is 12.5. The average molecular weight is 339 g/mol. The molecule has 0 aliphatic carbocycles. The van der Waals surface area contributed by atoms with Crippen LogP contribution in [0, 0.1) is 13.8 Å². The SMILES string of the molecule is Cc1cc(C)n(C2CN(C3CCN(C(=O)c4cccnc4)CC3)C2)n1. The third-order valence-corrected chi connectivity index (χ3v) is 5.46. The first-order valence-corrected chi connectivity index (χ1v) is 9.08. The van der Waals surface area contributed by atoms with E-state index in [-0.39, 0.29) is 5.91 Å². The van der Waals surface area contributed by atoms with E-state index in [9.17, 15) is 4.79 Å². The maximum Gasteiger partial charge on any atom is 0.255 e. The van der Waals surface area contributed by atoms with E-state index < -0.39 is 0 Å². The Morgan fingerprint density at radius 3 is 2.52 bits per heavy atom. The van der Waals surface area contributed by atoms with E-state index in [1.165, 1.54) is 5.69 Å². The Labute approximate surface area is 148 Å². The lowest BCUT2D eigenvalue weighted by Crippen LogP contribution is -2.56. The second kappa shape index (κ2) is 6.59. The summed E-state index contributed by atoms with van der Waals surface area (Å²) in [6, 6.07) is 6.90. The predicted molar refractivity (Wildman–Crippen MR) is 95.5 cm³/mol. The molecule has 6 nitrogen and oxygen atoms in total. The quantitative estimate of drug-likeness (QED) is 0.859. The number of piperidine rings is 1. The van der Waals surface area contributed by atoms with Gasteiger partial charge >= 0.3 is 0 Å². The molecule has 0 unspecified atom stereocenters. The molecule has 0 aromatic carbocycles. The minimum Gasteiger partial charge on any atom is -0.338 e. The van der Waals surface area contributed by atoms with E-state index >= 15 is 0 Å². The van der Waals surface area contributed by atoms with Crippen LogP contribution in [-0.4, -0.2) is 62.7 Å². The van der Waals surface area contributed by atoms with Crippen molar-refractivity contribution in [3.05, 3.63) is 47.5 Å². The molecule has 2 saturated heterocycles. The van der Waals surface area contributed by atoms with Gasteiger partial charge in [-0.2, -0.15) is 5.10 Å². The predicted octanol–water partition coefficient (Wildman–Crippen LogP) is 2.06. The molecule has 0 saturated carbocycles. The first-order valence-electron chi connectivity index (χ1n) is 9.08. The fourth-order valence-corrected chi connectivity index (χ4v) is 4.06. The van der Waals surface area contributed by atoms with Gasteiger partial charge in [-0.05, 0) is 44.9 Å². The van der Waals surface area contributed by atoms with Crippen molar-refractivity contribution in [1.82, 2.24) is 24.6 Å². The van der Waals surface area contributed by atoms with Crippen molar-refractivity contribution in [2.75, 3.05) is 26.2 Å². The van der Waals surface area contributed by atoms with Gasteiger partial charge in [-0.1, -0.05) is 0 Å². The number of rotatable bonds is 3. The van der Waals surface area contributed by atoms with Crippen LogP contribution >= 0.6 is 0 Å². The molecule has 0 spiro atoms. The lowest BCUT2D eigenvalue weighted by molar-refractivity contribution is 0.0190. The van der Waals surface area contributed by atoms with E-state index in [4.69, 9.17) is 0 Å². The van der Waals surface area contributed by atoms with Crippen molar-refractivity contribution < 1.29 is 4.79 Å². The topological polar surface area (TPSA) is 54.3 Å². The van der Waals surface area contributed by atoms with Crippen LogP contribution in [-0.2, 0) is 0 Å². The molecular formula is C19H25N5O. The molecule has 0 atom stereocenters. The number of carbonyl (C=O) groups excluding carboxylic acids is 1. The van der Waals surface area contributed by atoms with Crippen LogP contribution in [0.4, 0.5) is 0 Å². The summed E-state index contributed by atoms with van der Waals surface area (Å²) < 4.78 is 2.17. The number of carbonyl (C=O) groups is 1. The first-order chi connectivity index (χ1) is 12.1. The number of aromatic nitrogens is 3. The summed E-state index contributed by atoms with van der Waals surface area (Å²) in [7, 11) is 0. The molecule has 0 radical (unpaired) electrons. The van der Waals surface area contributed by atoms with Crippen molar-refractivity contribution in [2.45, 2.75) is 38.8 Å². The van der Waals surface area contributed by atoms with Gasteiger partial charge in [0.2, 0.25) is 0 Å². The highest BCUT2D eigenvalue weighted by atomic mass is 16.2. The monoisotopic (exact) mass is 339 g/mol. The van der Waals surface area contributed by atoms with Gasteiger partial charge in [-0.3, -0.25) is 19.4 Å². The van der Waals surface area contributed by atoms with Gasteiger partial charge in [0.25, 0.3) is 5.91 Å². The van der Waals surface area contributed by atoms with E-state index in [1.807, 2.05) is 17.0 Å². The Hall–Kier alpha value is -2.21. The molecule has 4 heterocycles. The highest BCUT2D eigenvalue weighted by Crippen LogP contribution is 2.29. The zero-order valence-electron chi connectivity index (χ0n) is 14.9. The van der Waals surface area contributed by atoms with E-state index in [2.05, 4.69) is 39.6 Å². The number of pyridine rings is 1. The molecule has 2 aromatic rings. The van der Waals surface area contributed by atoms with Crippen LogP contribution in [0.1, 0.15) is 40.6 Å². The third kappa shape index (κ3) is 3.18. The molecule has 132 valence electrons. The Morgan fingerprint density at radius 2 is 1.92 bits per heavy atom. The molecular weight excluding hydrogens is 314 g/mol. The summed E-state index contributed by atoms with van der Waals surface area (Å²) in [5.74, 6) is 0.107. The van der Waals surface area contributed by atoms with Gasteiger partial charge in [-0.25, -0.2) is 0 Å². The van der Waals surface area contributed by atoms with Crippen molar-refractivity contribution in [2.24, 2.45) is 0 Å². The molecule has 0 bridgehead atoms. The molecule has 2 aliphatic heterocycles. The lowest BCUT2D eigenvalue weighted by atomic mass is 9.97. The van der Waals surface area contributed by atoms with Crippen LogP contribution in [0.25, 0.3) is 0 Å². The average Bonchev–Trinajstić information content (AvgIpc) is 2.92. The van der Waals surface area contributed by atoms with Gasteiger partial charge in [0, 0.05) is 50.3 Å². The van der Waals surface area contributed by atoms with Crippen LogP contribution in [0.3, 0.4) is 0 Å². The highest BCUT2D eigenvalue weighted by molar-refractivity contribution is 5.93. The van der Waals surface area contributed by atoms with Gasteiger partial charge in [0.1, 0.15) is 0 Å². The summed E-state index contributed by atoms with van der Waals surface area (Å²) >= 11 is 0. The van der Waals surface area contributed by atoms with Crippen LogP contribution in [0.5, 0.6) is 0 Å². The first kappa shape index (κ1) is 16.3. The molecule has 1 amide bonds. The summed E-state index contributed by atoms with van der Waals surface area (Å²) in [6.07, 6.45) is 5.46. The van der Waals surface area contributed by atoms with E-state index in [1.54, 1.807) is 12.4 Å². The fourth-order valence-electron chi connectivity index (χ4n) is 4.06. The summed E-state index contributed by atoms with van der Waals surface area (Å²) in [6.45, 7) is 7.99.